The first kappa shape index (κ1) is 18.9. The summed E-state index contributed by atoms with van der Waals surface area (Å²) in [5, 5.41) is 0.808. The number of fused-ring (bicyclic) bond motifs is 3. The van der Waals surface area contributed by atoms with Gasteiger partial charge in [0.15, 0.2) is 0 Å². The molecule has 0 spiro atoms. The van der Waals surface area contributed by atoms with Gasteiger partial charge in [-0.25, -0.2) is 9.78 Å². The van der Waals surface area contributed by atoms with Gasteiger partial charge >= 0.3 is 5.97 Å². The number of ether oxygens (including phenoxy) is 1. The van der Waals surface area contributed by atoms with Crippen LogP contribution in [-0.4, -0.2) is 21.6 Å². The molecule has 6 heteroatoms. The number of nitrogens with zero attached hydrogens (tertiary/aromatic N) is 2. The molecule has 0 saturated heterocycles. The van der Waals surface area contributed by atoms with Gasteiger partial charge in [0, 0.05) is 4.88 Å². The first-order valence-electron chi connectivity index (χ1n) is 9.75. The monoisotopic (exact) mass is 396 g/mol. The Morgan fingerprint density at radius 1 is 1.21 bits per heavy atom. The third-order valence-electron chi connectivity index (χ3n) is 5.14. The van der Waals surface area contributed by atoms with Crippen LogP contribution in [0.3, 0.4) is 0 Å². The molecule has 1 aliphatic carbocycles. The molecule has 146 valence electrons. The van der Waals surface area contributed by atoms with Gasteiger partial charge in [-0.3, -0.25) is 9.36 Å². The molecule has 0 saturated carbocycles. The molecule has 1 aromatic carbocycles. The fraction of sp³-hybridized carbons (Fsp3) is 0.409. The molecule has 2 heterocycles. The summed E-state index contributed by atoms with van der Waals surface area (Å²) in [5.74, 6) is 0.391. The molecule has 0 fully saturated rings. The van der Waals surface area contributed by atoms with Crippen LogP contribution in [0.5, 0.6) is 0 Å². The van der Waals surface area contributed by atoms with E-state index < -0.39 is 0 Å². The van der Waals surface area contributed by atoms with E-state index in [9.17, 15) is 9.59 Å². The minimum absolute atomic E-state index is 0.0465. The third kappa shape index (κ3) is 3.49. The van der Waals surface area contributed by atoms with Gasteiger partial charge in [-0.15, -0.1) is 11.3 Å². The fourth-order valence-electron chi connectivity index (χ4n) is 3.74. The number of rotatable bonds is 4. The van der Waals surface area contributed by atoms with Crippen LogP contribution >= 0.6 is 11.3 Å². The molecule has 1 aliphatic rings. The van der Waals surface area contributed by atoms with E-state index >= 15 is 0 Å². The molecule has 0 radical (unpaired) electrons. The lowest BCUT2D eigenvalue weighted by Crippen LogP contribution is -2.24. The standard InChI is InChI=1S/C22H24N2O3S/c1-13(2)27-22(26)16-10-8-15(9-11-16)12-24-14(3)23-20-19(21(24)25)17-6-4-5-7-18(17)28-20/h8-11,13H,4-7,12H2,1-3H3. The number of esters is 1. The predicted molar refractivity (Wildman–Crippen MR) is 111 cm³/mol. The molecule has 2 aromatic heterocycles. The zero-order chi connectivity index (χ0) is 19.8. The number of benzene rings is 1. The Balaban J connectivity index is 1.66. The van der Waals surface area contributed by atoms with E-state index in [1.165, 1.54) is 16.9 Å². The fourth-order valence-corrected chi connectivity index (χ4v) is 5.03. The third-order valence-corrected chi connectivity index (χ3v) is 6.32. The van der Waals surface area contributed by atoms with Crippen LogP contribution in [0.25, 0.3) is 10.2 Å². The first-order chi connectivity index (χ1) is 13.4. The summed E-state index contributed by atoms with van der Waals surface area (Å²) in [6, 6.07) is 7.24. The highest BCUT2D eigenvalue weighted by Crippen LogP contribution is 2.33. The number of thiophene rings is 1. The molecule has 0 aliphatic heterocycles. The van der Waals surface area contributed by atoms with E-state index in [-0.39, 0.29) is 17.6 Å². The van der Waals surface area contributed by atoms with E-state index in [1.807, 2.05) is 32.9 Å². The van der Waals surface area contributed by atoms with Crippen LogP contribution in [0.4, 0.5) is 0 Å². The van der Waals surface area contributed by atoms with Crippen molar-refractivity contribution in [1.82, 2.24) is 9.55 Å². The molecule has 0 bridgehead atoms. The summed E-state index contributed by atoms with van der Waals surface area (Å²) in [4.78, 5) is 32.2. The Morgan fingerprint density at radius 2 is 1.93 bits per heavy atom. The number of hydrogen-bond donors (Lipinski definition) is 0. The number of aromatic nitrogens is 2. The molecule has 0 unspecified atom stereocenters. The lowest BCUT2D eigenvalue weighted by Gasteiger charge is -2.12. The molecular weight excluding hydrogens is 372 g/mol. The van der Waals surface area contributed by atoms with Crippen molar-refractivity contribution >= 4 is 27.5 Å². The van der Waals surface area contributed by atoms with Gasteiger partial charge in [-0.2, -0.15) is 0 Å². The second-order valence-electron chi connectivity index (χ2n) is 7.59. The number of hydrogen-bond acceptors (Lipinski definition) is 5. The molecule has 0 N–H and O–H groups in total. The normalized spacial score (nSPS) is 13.7. The molecule has 28 heavy (non-hydrogen) atoms. The van der Waals surface area contributed by atoms with Gasteiger partial charge in [0.1, 0.15) is 10.7 Å². The van der Waals surface area contributed by atoms with Crippen molar-refractivity contribution in [2.75, 3.05) is 0 Å². The summed E-state index contributed by atoms with van der Waals surface area (Å²) in [6.07, 6.45) is 4.21. The summed E-state index contributed by atoms with van der Waals surface area (Å²) in [7, 11) is 0. The quantitative estimate of drug-likeness (QED) is 0.618. The summed E-state index contributed by atoms with van der Waals surface area (Å²) >= 11 is 1.68. The van der Waals surface area contributed by atoms with E-state index in [2.05, 4.69) is 0 Å². The second kappa shape index (κ2) is 7.51. The Labute approximate surface area is 168 Å². The first-order valence-corrected chi connectivity index (χ1v) is 10.6. The van der Waals surface area contributed by atoms with E-state index in [4.69, 9.17) is 9.72 Å². The Bertz CT molecular complexity index is 1090. The summed E-state index contributed by atoms with van der Waals surface area (Å²) < 4.78 is 6.96. The molecule has 5 nitrogen and oxygen atoms in total. The minimum Gasteiger partial charge on any atom is -0.459 e. The minimum atomic E-state index is -0.331. The van der Waals surface area contributed by atoms with Crippen molar-refractivity contribution < 1.29 is 9.53 Å². The van der Waals surface area contributed by atoms with Crippen LogP contribution in [0.2, 0.25) is 0 Å². The molecule has 0 atom stereocenters. The van der Waals surface area contributed by atoms with Crippen LogP contribution in [0.15, 0.2) is 29.1 Å². The van der Waals surface area contributed by atoms with Gasteiger partial charge in [-0.1, -0.05) is 12.1 Å². The Hall–Kier alpha value is -2.47. The average Bonchev–Trinajstić information content (AvgIpc) is 3.03. The van der Waals surface area contributed by atoms with Crippen molar-refractivity contribution in [3.63, 3.8) is 0 Å². The van der Waals surface area contributed by atoms with Crippen LogP contribution in [-0.2, 0) is 24.1 Å². The molecule has 0 amide bonds. The van der Waals surface area contributed by atoms with Crippen molar-refractivity contribution in [3.05, 3.63) is 62.0 Å². The van der Waals surface area contributed by atoms with Crippen molar-refractivity contribution in [2.45, 2.75) is 59.1 Å². The second-order valence-corrected chi connectivity index (χ2v) is 8.68. The lowest BCUT2D eigenvalue weighted by atomic mass is 9.97. The van der Waals surface area contributed by atoms with Gasteiger partial charge in [-0.05, 0) is 69.7 Å². The molecule has 4 rings (SSSR count). The summed E-state index contributed by atoms with van der Waals surface area (Å²) in [5.41, 5.74) is 2.73. The largest absolute Gasteiger partial charge is 0.459 e. The van der Waals surface area contributed by atoms with Gasteiger partial charge in [0.2, 0.25) is 0 Å². The van der Waals surface area contributed by atoms with Gasteiger partial charge < -0.3 is 4.74 Å². The van der Waals surface area contributed by atoms with Crippen LogP contribution in [0, 0.1) is 6.92 Å². The smallest absolute Gasteiger partial charge is 0.338 e. The molecular formula is C22H24N2O3S. The Kier molecular flexibility index (Phi) is 5.06. The van der Waals surface area contributed by atoms with Crippen LogP contribution in [0.1, 0.15) is 58.9 Å². The maximum atomic E-state index is 13.2. The number of carbonyl (C=O) groups is 1. The topological polar surface area (TPSA) is 61.2 Å². The SMILES string of the molecule is Cc1nc2sc3c(c2c(=O)n1Cc1ccc(C(=O)OC(C)C)cc1)CCCC3. The van der Waals surface area contributed by atoms with E-state index in [0.717, 1.165) is 40.9 Å². The van der Waals surface area contributed by atoms with Crippen LogP contribution < -0.4 is 5.56 Å². The highest BCUT2D eigenvalue weighted by molar-refractivity contribution is 7.18. The summed E-state index contributed by atoms with van der Waals surface area (Å²) in [6.45, 7) is 5.98. The van der Waals surface area contributed by atoms with Crippen molar-refractivity contribution in [2.24, 2.45) is 0 Å². The number of carbonyl (C=O) groups excluding carboxylic acids is 1. The number of aryl methyl sites for hydroxylation is 3. The molecule has 3 aromatic rings. The van der Waals surface area contributed by atoms with Crippen molar-refractivity contribution in [1.29, 1.82) is 0 Å². The average molecular weight is 397 g/mol. The predicted octanol–water partition coefficient (Wildman–Crippen LogP) is 4.26. The van der Waals surface area contributed by atoms with E-state index in [1.54, 1.807) is 28.0 Å². The zero-order valence-electron chi connectivity index (χ0n) is 16.4. The highest BCUT2D eigenvalue weighted by atomic mass is 32.1. The van der Waals surface area contributed by atoms with E-state index in [0.29, 0.717) is 12.1 Å². The van der Waals surface area contributed by atoms with Crippen molar-refractivity contribution in [3.8, 4) is 0 Å². The van der Waals surface area contributed by atoms with Gasteiger partial charge in [0.25, 0.3) is 5.56 Å². The highest BCUT2D eigenvalue weighted by Gasteiger charge is 2.21. The maximum Gasteiger partial charge on any atom is 0.338 e. The van der Waals surface area contributed by atoms with Gasteiger partial charge in [0.05, 0.1) is 23.6 Å². The Morgan fingerprint density at radius 3 is 2.64 bits per heavy atom. The maximum absolute atomic E-state index is 13.2. The lowest BCUT2D eigenvalue weighted by molar-refractivity contribution is 0.0378. The zero-order valence-corrected chi connectivity index (χ0v) is 17.3.